The lowest BCUT2D eigenvalue weighted by atomic mass is 10.1. The average molecular weight is 263 g/mol. The number of aliphatic carboxylic acids is 1. The van der Waals surface area contributed by atoms with Gasteiger partial charge in [-0.2, -0.15) is 0 Å². The zero-order valence-electron chi connectivity index (χ0n) is 10.6. The molecule has 1 saturated heterocycles. The summed E-state index contributed by atoms with van der Waals surface area (Å²) in [7, 11) is 0. The molecule has 0 aliphatic carbocycles. The summed E-state index contributed by atoms with van der Waals surface area (Å²) in [6, 6.07) is 8.84. The highest BCUT2D eigenvalue weighted by molar-refractivity contribution is 5.84. The molecule has 1 aliphatic rings. The number of benzene rings is 1. The quantitative estimate of drug-likeness (QED) is 0.877. The van der Waals surface area contributed by atoms with E-state index in [4.69, 9.17) is 9.84 Å². The predicted octanol–water partition coefficient (Wildman–Crippen LogP) is 0.931. The van der Waals surface area contributed by atoms with E-state index in [1.807, 2.05) is 30.3 Å². The topological polar surface area (TPSA) is 66.8 Å². The maximum Gasteiger partial charge on any atom is 0.328 e. The molecule has 0 radical (unpaired) electrons. The third-order valence-electron chi connectivity index (χ3n) is 3.20. The number of carbonyl (C=O) groups is 2. The van der Waals surface area contributed by atoms with Crippen molar-refractivity contribution < 1.29 is 19.4 Å². The largest absolute Gasteiger partial charge is 0.480 e. The molecule has 1 heterocycles. The highest BCUT2D eigenvalue weighted by Crippen LogP contribution is 2.11. The molecule has 1 N–H and O–H groups in total. The van der Waals surface area contributed by atoms with Gasteiger partial charge in [-0.25, -0.2) is 4.79 Å². The smallest absolute Gasteiger partial charge is 0.328 e. The van der Waals surface area contributed by atoms with E-state index < -0.39 is 12.0 Å². The van der Waals surface area contributed by atoms with Gasteiger partial charge in [-0.1, -0.05) is 30.3 Å². The second-order valence-corrected chi connectivity index (χ2v) is 4.50. The summed E-state index contributed by atoms with van der Waals surface area (Å²) in [4.78, 5) is 24.6. The van der Waals surface area contributed by atoms with Crippen molar-refractivity contribution in [3.05, 3.63) is 35.9 Å². The molecule has 1 aromatic rings. The molecule has 1 fully saturated rings. The van der Waals surface area contributed by atoms with Gasteiger partial charge in [-0.05, 0) is 12.0 Å². The van der Waals surface area contributed by atoms with Crippen molar-refractivity contribution in [2.24, 2.45) is 0 Å². The molecule has 0 saturated carbocycles. The predicted molar refractivity (Wildman–Crippen MR) is 68.7 cm³/mol. The Balaban J connectivity index is 1.93. The van der Waals surface area contributed by atoms with Gasteiger partial charge in [-0.3, -0.25) is 4.79 Å². The lowest BCUT2D eigenvalue weighted by Crippen LogP contribution is -2.52. The summed E-state index contributed by atoms with van der Waals surface area (Å²) in [6.07, 6.45) is 0.956. The van der Waals surface area contributed by atoms with Crippen LogP contribution in [0.5, 0.6) is 0 Å². The fraction of sp³-hybridized carbons (Fsp3) is 0.429. The second kappa shape index (κ2) is 6.33. The van der Waals surface area contributed by atoms with Gasteiger partial charge in [0.15, 0.2) is 6.04 Å². The number of ether oxygens (including phenoxy) is 1. The van der Waals surface area contributed by atoms with Crippen LogP contribution in [0.3, 0.4) is 0 Å². The Bertz CT molecular complexity index is 446. The van der Waals surface area contributed by atoms with Crippen molar-refractivity contribution >= 4 is 11.9 Å². The summed E-state index contributed by atoms with van der Waals surface area (Å²) < 4.78 is 5.11. The number of aryl methyl sites for hydroxylation is 1. The first-order chi connectivity index (χ1) is 9.18. The van der Waals surface area contributed by atoms with Crippen molar-refractivity contribution in [1.82, 2.24) is 4.90 Å². The van der Waals surface area contributed by atoms with Gasteiger partial charge in [0.05, 0.1) is 13.2 Å². The summed E-state index contributed by atoms with van der Waals surface area (Å²) in [5.41, 5.74) is 1.08. The molecule has 5 heteroatoms. The molecule has 0 unspecified atom stereocenters. The Kier molecular flexibility index (Phi) is 4.52. The van der Waals surface area contributed by atoms with E-state index in [0.29, 0.717) is 26.0 Å². The van der Waals surface area contributed by atoms with Crippen LogP contribution in [-0.2, 0) is 20.7 Å². The van der Waals surface area contributed by atoms with E-state index >= 15 is 0 Å². The summed E-state index contributed by atoms with van der Waals surface area (Å²) in [5, 5.41) is 9.07. The molecule has 5 nitrogen and oxygen atoms in total. The van der Waals surface area contributed by atoms with E-state index in [-0.39, 0.29) is 12.5 Å². The van der Waals surface area contributed by atoms with Gasteiger partial charge in [0.2, 0.25) is 5.91 Å². The maximum atomic E-state index is 12.1. The minimum Gasteiger partial charge on any atom is -0.480 e. The minimum atomic E-state index is -1.01. The molecule has 19 heavy (non-hydrogen) atoms. The van der Waals surface area contributed by atoms with Gasteiger partial charge in [-0.15, -0.1) is 0 Å². The van der Waals surface area contributed by atoms with Crippen molar-refractivity contribution in [3.8, 4) is 0 Å². The number of hydrogen-bond acceptors (Lipinski definition) is 3. The number of carboxylic acid groups (broad SMARTS) is 1. The van der Waals surface area contributed by atoms with Gasteiger partial charge >= 0.3 is 5.97 Å². The molecule has 2 rings (SSSR count). The Morgan fingerprint density at radius 1 is 1.32 bits per heavy atom. The number of carbonyl (C=O) groups excluding carboxylic acids is 1. The van der Waals surface area contributed by atoms with E-state index in [1.165, 1.54) is 4.90 Å². The van der Waals surface area contributed by atoms with Crippen LogP contribution in [0.25, 0.3) is 0 Å². The molecule has 0 bridgehead atoms. The van der Waals surface area contributed by atoms with Crippen LogP contribution < -0.4 is 0 Å². The number of amides is 1. The molecule has 1 amide bonds. The molecule has 1 aliphatic heterocycles. The third kappa shape index (κ3) is 3.54. The van der Waals surface area contributed by atoms with E-state index in [1.54, 1.807) is 0 Å². The number of morpholine rings is 1. The lowest BCUT2D eigenvalue weighted by Gasteiger charge is -2.32. The van der Waals surface area contributed by atoms with E-state index in [2.05, 4.69) is 0 Å². The summed E-state index contributed by atoms with van der Waals surface area (Å²) in [5.74, 6) is -1.13. The minimum absolute atomic E-state index is 0.0758. The SMILES string of the molecule is O=C(O)[C@H]1COCCN1C(=O)CCc1ccccc1. The van der Waals surface area contributed by atoms with E-state index in [9.17, 15) is 9.59 Å². The second-order valence-electron chi connectivity index (χ2n) is 4.50. The third-order valence-corrected chi connectivity index (χ3v) is 3.20. The lowest BCUT2D eigenvalue weighted by molar-refractivity contribution is -0.158. The fourth-order valence-electron chi connectivity index (χ4n) is 2.15. The fourth-order valence-corrected chi connectivity index (χ4v) is 2.15. The number of hydrogen-bond donors (Lipinski definition) is 1. The molecule has 102 valence electrons. The molecular weight excluding hydrogens is 246 g/mol. The van der Waals surface area contributed by atoms with Crippen molar-refractivity contribution in [1.29, 1.82) is 0 Å². The van der Waals surface area contributed by atoms with Crippen LogP contribution >= 0.6 is 0 Å². The van der Waals surface area contributed by atoms with Gasteiger partial charge in [0.1, 0.15) is 0 Å². The molecule has 0 aromatic heterocycles. The highest BCUT2D eigenvalue weighted by Gasteiger charge is 2.32. The molecule has 1 atom stereocenters. The zero-order valence-corrected chi connectivity index (χ0v) is 10.6. The summed E-state index contributed by atoms with van der Waals surface area (Å²) >= 11 is 0. The van der Waals surface area contributed by atoms with Crippen LogP contribution in [0.1, 0.15) is 12.0 Å². The maximum absolute atomic E-state index is 12.1. The van der Waals surface area contributed by atoms with Crippen molar-refractivity contribution in [2.45, 2.75) is 18.9 Å². The first-order valence-electron chi connectivity index (χ1n) is 6.32. The average Bonchev–Trinajstić information content (AvgIpc) is 2.46. The van der Waals surface area contributed by atoms with Crippen LogP contribution in [0, 0.1) is 0 Å². The first kappa shape index (κ1) is 13.5. The zero-order chi connectivity index (χ0) is 13.7. The molecule has 0 spiro atoms. The van der Waals surface area contributed by atoms with Crippen LogP contribution in [-0.4, -0.2) is 47.7 Å². The van der Waals surface area contributed by atoms with Gasteiger partial charge in [0, 0.05) is 13.0 Å². The number of rotatable bonds is 4. The van der Waals surface area contributed by atoms with Crippen LogP contribution in [0.4, 0.5) is 0 Å². The Morgan fingerprint density at radius 2 is 2.05 bits per heavy atom. The number of carboxylic acids is 1. The van der Waals surface area contributed by atoms with Gasteiger partial charge in [0.25, 0.3) is 0 Å². The Labute approximate surface area is 111 Å². The molecular formula is C14H17NO4. The number of nitrogens with zero attached hydrogens (tertiary/aromatic N) is 1. The van der Waals surface area contributed by atoms with Crippen LogP contribution in [0.15, 0.2) is 30.3 Å². The standard InChI is InChI=1S/C14H17NO4/c16-13(7-6-11-4-2-1-3-5-11)15-8-9-19-10-12(15)14(17)18/h1-5,12H,6-10H2,(H,17,18)/t12-/m1/s1. The van der Waals surface area contributed by atoms with Gasteiger partial charge < -0.3 is 14.7 Å². The first-order valence-corrected chi connectivity index (χ1v) is 6.32. The monoisotopic (exact) mass is 263 g/mol. The van der Waals surface area contributed by atoms with E-state index in [0.717, 1.165) is 5.56 Å². The Hall–Kier alpha value is -1.88. The summed E-state index contributed by atoms with van der Waals surface area (Å²) in [6.45, 7) is 0.831. The highest BCUT2D eigenvalue weighted by atomic mass is 16.5. The van der Waals surface area contributed by atoms with Crippen molar-refractivity contribution in [2.75, 3.05) is 19.8 Å². The Morgan fingerprint density at radius 3 is 2.74 bits per heavy atom. The molecule has 1 aromatic carbocycles. The van der Waals surface area contributed by atoms with Crippen molar-refractivity contribution in [3.63, 3.8) is 0 Å². The van der Waals surface area contributed by atoms with Crippen LogP contribution in [0.2, 0.25) is 0 Å². The normalized spacial score (nSPS) is 19.2.